The van der Waals surface area contributed by atoms with Crippen molar-refractivity contribution in [2.45, 2.75) is 64.5 Å². The highest BCUT2D eigenvalue weighted by Gasteiger charge is 2.37. The molecule has 0 aliphatic heterocycles. The highest BCUT2D eigenvalue weighted by atomic mass is 19.4. The van der Waals surface area contributed by atoms with Gasteiger partial charge in [0.25, 0.3) is 5.95 Å². The maximum atomic E-state index is 13.7. The van der Waals surface area contributed by atoms with Crippen molar-refractivity contribution >= 4 is 17.7 Å². The fraction of sp³-hybridized carbons (Fsp3) is 0.455. The lowest BCUT2D eigenvalue weighted by atomic mass is 9.80. The molecule has 0 saturated heterocycles. The number of hydrogen-bond acceptors (Lipinski definition) is 8. The average molecular weight is 691 g/mol. The molecule has 1 fully saturated rings. The lowest BCUT2D eigenvalue weighted by Crippen LogP contribution is -2.34. The van der Waals surface area contributed by atoms with Gasteiger partial charge in [0.05, 0.1) is 18.2 Å². The minimum absolute atomic E-state index is 0.00556. The lowest BCUT2D eigenvalue weighted by molar-refractivity contribution is -0.143. The maximum absolute atomic E-state index is 13.7. The number of benzene rings is 1. The summed E-state index contributed by atoms with van der Waals surface area (Å²) >= 11 is 0. The van der Waals surface area contributed by atoms with E-state index < -0.39 is 36.0 Å². The van der Waals surface area contributed by atoms with Crippen molar-refractivity contribution in [1.82, 2.24) is 30.2 Å². The Labute approximate surface area is 278 Å². The first-order valence-corrected chi connectivity index (χ1v) is 15.8. The first-order valence-electron chi connectivity index (χ1n) is 15.8. The van der Waals surface area contributed by atoms with E-state index in [0.29, 0.717) is 42.2 Å². The summed E-state index contributed by atoms with van der Waals surface area (Å²) < 4.78 is 82.4. The Balaban J connectivity index is 1.52. The van der Waals surface area contributed by atoms with Gasteiger partial charge in [0.1, 0.15) is 5.82 Å². The number of carboxylic acid groups (broad SMARTS) is 1. The zero-order valence-corrected chi connectivity index (χ0v) is 26.9. The number of aliphatic carboxylic acids is 1. The molecule has 1 N–H and O–H groups in total. The summed E-state index contributed by atoms with van der Waals surface area (Å²) in [4.78, 5) is 25.0. The molecule has 10 nitrogen and oxygen atoms in total. The average Bonchev–Trinajstić information content (AvgIpc) is 3.49. The number of nitrogens with zero attached hydrogens (tertiary/aromatic N) is 8. The van der Waals surface area contributed by atoms with Crippen molar-refractivity contribution in [2.24, 2.45) is 18.9 Å². The number of pyridine rings is 2. The molecule has 3 heterocycles. The largest absolute Gasteiger partial charge is 0.481 e. The summed E-state index contributed by atoms with van der Waals surface area (Å²) in [6, 6.07) is 6.99. The van der Waals surface area contributed by atoms with Crippen LogP contribution in [0.2, 0.25) is 0 Å². The number of hydrogen-bond donors (Lipinski definition) is 1. The second-order valence-electron chi connectivity index (χ2n) is 12.3. The molecule has 49 heavy (non-hydrogen) atoms. The van der Waals surface area contributed by atoms with Crippen molar-refractivity contribution < 1.29 is 36.2 Å². The zero-order chi connectivity index (χ0) is 35.3. The molecule has 4 aromatic rings. The number of anilines is 2. The van der Waals surface area contributed by atoms with Crippen LogP contribution in [0.25, 0.3) is 11.1 Å². The van der Waals surface area contributed by atoms with Crippen molar-refractivity contribution in [3.05, 3.63) is 77.2 Å². The van der Waals surface area contributed by atoms with Gasteiger partial charge in [-0.15, -0.1) is 5.10 Å². The first kappa shape index (κ1) is 35.5. The molecular weight excluding hydrogens is 654 g/mol. The monoisotopic (exact) mass is 690 g/mol. The van der Waals surface area contributed by atoms with E-state index in [0.717, 1.165) is 36.0 Å². The fourth-order valence-electron chi connectivity index (χ4n) is 6.27. The van der Waals surface area contributed by atoms with Gasteiger partial charge in [-0.25, -0.2) is 4.98 Å². The normalized spacial score (nSPS) is 16.8. The van der Waals surface area contributed by atoms with E-state index in [1.807, 2.05) is 19.1 Å². The number of alkyl halides is 6. The molecule has 16 heteroatoms. The van der Waals surface area contributed by atoms with Crippen LogP contribution in [0.4, 0.5) is 38.1 Å². The first-order chi connectivity index (χ1) is 23.2. The molecule has 1 aliphatic carbocycles. The quantitative estimate of drug-likeness (QED) is 0.157. The molecule has 0 radical (unpaired) electrons. The summed E-state index contributed by atoms with van der Waals surface area (Å²) in [5.41, 5.74) is -0.959. The number of rotatable bonds is 12. The van der Waals surface area contributed by atoms with E-state index in [1.54, 1.807) is 24.7 Å². The summed E-state index contributed by atoms with van der Waals surface area (Å²) in [7, 11) is 1.50. The standard InChI is InChI=1S/C33H36F6N8O2/c1-3-46(18-22-8-6-21(7-9-22)13-29(48)49)30-26(14-25(17-41-30)24-5-4-10-40-16-24)20-47(31-42-44-45(2)43-31)19-23-11-27(32(34,35)36)15-28(12-23)33(37,38)39/h4-5,10-12,14-17,21-22H,3,6-9,13,18-20H2,1-2H3,(H,48,49)/t21-,22-. The van der Waals surface area contributed by atoms with Crippen LogP contribution in [0.1, 0.15) is 61.3 Å². The van der Waals surface area contributed by atoms with Crippen LogP contribution in [0.3, 0.4) is 0 Å². The lowest BCUT2D eigenvalue weighted by Gasteiger charge is -2.34. The smallest absolute Gasteiger partial charge is 0.416 e. The van der Waals surface area contributed by atoms with Crippen LogP contribution in [-0.4, -0.2) is 54.3 Å². The van der Waals surface area contributed by atoms with Crippen LogP contribution in [-0.2, 0) is 37.3 Å². The molecular formula is C33H36F6N8O2. The third-order valence-corrected chi connectivity index (χ3v) is 8.69. The number of tetrazole rings is 1. The van der Waals surface area contributed by atoms with Gasteiger partial charge in [-0.3, -0.25) is 9.78 Å². The number of aryl methyl sites for hydroxylation is 1. The number of aromatic nitrogens is 6. The zero-order valence-electron chi connectivity index (χ0n) is 26.9. The number of carboxylic acids is 1. The minimum atomic E-state index is -5.00. The van der Waals surface area contributed by atoms with Crippen molar-refractivity contribution in [1.29, 1.82) is 0 Å². The molecule has 0 atom stereocenters. The topological polar surface area (TPSA) is 113 Å². The molecule has 1 aliphatic rings. The van der Waals surface area contributed by atoms with Gasteiger partial charge in [0.15, 0.2) is 0 Å². The molecule has 0 bridgehead atoms. The SMILES string of the molecule is CCN(C[C@H]1CC[C@H](CC(=O)O)CC1)c1ncc(-c2cccnc2)cc1CN(Cc1cc(C(F)(F)F)cc(C(F)(F)F)c1)c1nnn(C)n1. The maximum Gasteiger partial charge on any atom is 0.416 e. The number of halogens is 6. The highest BCUT2D eigenvalue weighted by molar-refractivity contribution is 5.67. The van der Waals surface area contributed by atoms with E-state index in [1.165, 1.54) is 11.9 Å². The van der Waals surface area contributed by atoms with E-state index in [9.17, 15) is 36.2 Å². The van der Waals surface area contributed by atoms with Gasteiger partial charge < -0.3 is 14.9 Å². The summed E-state index contributed by atoms with van der Waals surface area (Å²) in [6.45, 7) is 2.75. The highest BCUT2D eigenvalue weighted by Crippen LogP contribution is 2.38. The van der Waals surface area contributed by atoms with Crippen molar-refractivity contribution in [3.63, 3.8) is 0 Å². The summed E-state index contributed by atoms with van der Waals surface area (Å²) in [5.74, 6) is 0.213. The van der Waals surface area contributed by atoms with Crippen LogP contribution >= 0.6 is 0 Å². The van der Waals surface area contributed by atoms with Gasteiger partial charge in [0, 0.05) is 67.9 Å². The van der Waals surface area contributed by atoms with Gasteiger partial charge in [-0.2, -0.15) is 31.1 Å². The van der Waals surface area contributed by atoms with Gasteiger partial charge >= 0.3 is 18.3 Å². The van der Waals surface area contributed by atoms with Crippen molar-refractivity contribution in [3.8, 4) is 11.1 Å². The van der Waals surface area contributed by atoms with Crippen LogP contribution < -0.4 is 9.80 Å². The second-order valence-corrected chi connectivity index (χ2v) is 12.3. The predicted octanol–water partition coefficient (Wildman–Crippen LogP) is 7.02. The molecule has 0 amide bonds. The Morgan fingerprint density at radius 2 is 1.59 bits per heavy atom. The van der Waals surface area contributed by atoms with Gasteiger partial charge in [-0.05, 0) is 85.6 Å². The minimum Gasteiger partial charge on any atom is -0.481 e. The molecule has 1 aromatic carbocycles. The van der Waals surface area contributed by atoms with Gasteiger partial charge in [-0.1, -0.05) is 11.2 Å². The van der Waals surface area contributed by atoms with E-state index in [-0.39, 0.29) is 42.4 Å². The Hall–Kier alpha value is -4.76. The van der Waals surface area contributed by atoms with Crippen LogP contribution in [0.15, 0.2) is 55.0 Å². The Morgan fingerprint density at radius 1 is 0.918 bits per heavy atom. The fourth-order valence-corrected chi connectivity index (χ4v) is 6.27. The predicted molar refractivity (Wildman–Crippen MR) is 168 cm³/mol. The second kappa shape index (κ2) is 14.8. The summed E-state index contributed by atoms with van der Waals surface area (Å²) in [5, 5.41) is 21.3. The third kappa shape index (κ3) is 9.23. The molecule has 0 spiro atoms. The van der Waals surface area contributed by atoms with E-state index >= 15 is 0 Å². The van der Waals surface area contributed by atoms with Crippen LogP contribution in [0, 0.1) is 11.8 Å². The molecule has 1 saturated carbocycles. The third-order valence-electron chi connectivity index (χ3n) is 8.69. The Morgan fingerprint density at radius 3 is 2.14 bits per heavy atom. The Kier molecular flexibility index (Phi) is 10.7. The van der Waals surface area contributed by atoms with Crippen molar-refractivity contribution in [2.75, 3.05) is 22.9 Å². The molecule has 5 rings (SSSR count). The number of carbonyl (C=O) groups is 1. The summed E-state index contributed by atoms with van der Waals surface area (Å²) in [6.07, 6.45) is -1.56. The van der Waals surface area contributed by atoms with Crippen LogP contribution in [0.5, 0.6) is 0 Å². The van der Waals surface area contributed by atoms with Gasteiger partial charge in [0.2, 0.25) is 0 Å². The molecule has 262 valence electrons. The van der Waals surface area contributed by atoms with E-state index in [2.05, 4.69) is 25.3 Å². The van der Waals surface area contributed by atoms with E-state index in [4.69, 9.17) is 4.98 Å². The Bertz CT molecular complexity index is 1690. The molecule has 0 unspecified atom stereocenters. The molecule has 3 aromatic heterocycles.